The number of thiophene rings is 1. The smallest absolute Gasteiger partial charge is 0.253 e. The molecule has 0 aliphatic carbocycles. The zero-order chi connectivity index (χ0) is 14.4. The summed E-state index contributed by atoms with van der Waals surface area (Å²) in [6.07, 6.45) is 3.14. The van der Waals surface area contributed by atoms with Crippen LogP contribution in [0.1, 0.15) is 34.5 Å². The Hall–Kier alpha value is -2.16. The highest BCUT2D eigenvalue weighted by Crippen LogP contribution is 2.16. The molecule has 0 aliphatic heterocycles. The highest BCUT2D eigenvalue weighted by Gasteiger charge is 2.12. The molecule has 1 atom stereocenters. The number of rotatable bonds is 3. The van der Waals surface area contributed by atoms with Crippen molar-refractivity contribution < 1.29 is 4.79 Å². The summed E-state index contributed by atoms with van der Waals surface area (Å²) < 4.78 is 0. The molecular weight excluding hydrogens is 270 g/mol. The number of hydrogen-bond acceptors (Lipinski definition) is 4. The third kappa shape index (κ3) is 3.67. The summed E-state index contributed by atoms with van der Waals surface area (Å²) in [6.45, 7) is 2.23. The molecule has 2 aromatic heterocycles. The van der Waals surface area contributed by atoms with Gasteiger partial charge in [-0.3, -0.25) is 9.78 Å². The maximum Gasteiger partial charge on any atom is 0.253 e. The summed E-state index contributed by atoms with van der Waals surface area (Å²) in [7, 11) is 0. The van der Waals surface area contributed by atoms with Crippen molar-refractivity contribution in [2.75, 3.05) is 6.54 Å². The predicted molar refractivity (Wildman–Crippen MR) is 80.4 cm³/mol. The first-order chi connectivity index (χ1) is 9.70. The van der Waals surface area contributed by atoms with Gasteiger partial charge in [-0.05, 0) is 35.4 Å². The first-order valence-corrected chi connectivity index (χ1v) is 7.12. The normalized spacial score (nSPS) is 11.3. The molecule has 102 valence electrons. The van der Waals surface area contributed by atoms with Crippen LogP contribution in [0.3, 0.4) is 0 Å². The van der Waals surface area contributed by atoms with Crippen LogP contribution in [0.4, 0.5) is 0 Å². The van der Waals surface area contributed by atoms with E-state index < -0.39 is 0 Å². The van der Waals surface area contributed by atoms with Gasteiger partial charge in [0.25, 0.3) is 5.91 Å². The van der Waals surface area contributed by atoms with E-state index in [1.54, 1.807) is 23.6 Å². The molecular formula is C15H15N3OS. The molecule has 0 aliphatic rings. The molecule has 0 bridgehead atoms. The van der Waals surface area contributed by atoms with Gasteiger partial charge in [0.05, 0.1) is 18.2 Å². The van der Waals surface area contributed by atoms with E-state index in [0.29, 0.717) is 11.1 Å². The van der Waals surface area contributed by atoms with Crippen LogP contribution in [0, 0.1) is 11.8 Å². The summed E-state index contributed by atoms with van der Waals surface area (Å²) in [5.41, 5.74) is 7.60. The number of pyridine rings is 1. The number of amides is 1. The molecule has 1 amide bonds. The van der Waals surface area contributed by atoms with Gasteiger partial charge in [-0.1, -0.05) is 11.8 Å². The topological polar surface area (TPSA) is 68.0 Å². The van der Waals surface area contributed by atoms with Gasteiger partial charge < -0.3 is 11.1 Å². The fourth-order valence-electron chi connectivity index (χ4n) is 1.67. The number of nitrogens with two attached hydrogens (primary N) is 1. The number of nitrogens with one attached hydrogen (secondary N) is 1. The maximum absolute atomic E-state index is 12.2. The van der Waals surface area contributed by atoms with Gasteiger partial charge in [0, 0.05) is 18.0 Å². The molecule has 0 saturated carbocycles. The highest BCUT2D eigenvalue weighted by atomic mass is 32.1. The first-order valence-electron chi connectivity index (χ1n) is 6.17. The van der Waals surface area contributed by atoms with Gasteiger partial charge in [-0.15, -0.1) is 0 Å². The van der Waals surface area contributed by atoms with Crippen molar-refractivity contribution in [3.05, 3.63) is 52.0 Å². The van der Waals surface area contributed by atoms with E-state index in [-0.39, 0.29) is 18.5 Å². The minimum atomic E-state index is -0.160. The Kier molecular flexibility index (Phi) is 4.88. The van der Waals surface area contributed by atoms with Gasteiger partial charge in [0.1, 0.15) is 0 Å². The Balaban J connectivity index is 2.09. The quantitative estimate of drug-likeness (QED) is 0.847. The second-order valence-corrected chi connectivity index (χ2v) is 5.00. The van der Waals surface area contributed by atoms with E-state index in [2.05, 4.69) is 22.1 Å². The highest BCUT2D eigenvalue weighted by molar-refractivity contribution is 7.07. The van der Waals surface area contributed by atoms with Gasteiger partial charge in [0.15, 0.2) is 0 Å². The third-order valence-corrected chi connectivity index (χ3v) is 3.43. The molecule has 4 nitrogen and oxygen atoms in total. The van der Waals surface area contributed by atoms with Crippen LogP contribution < -0.4 is 11.1 Å². The van der Waals surface area contributed by atoms with Crippen LogP contribution in [-0.4, -0.2) is 17.4 Å². The monoisotopic (exact) mass is 285 g/mol. The molecule has 2 aromatic rings. The second kappa shape index (κ2) is 6.85. The largest absolute Gasteiger partial charge is 0.345 e. The minimum absolute atomic E-state index is 0.0347. The Labute approximate surface area is 122 Å². The van der Waals surface area contributed by atoms with E-state index in [4.69, 9.17) is 5.73 Å². The van der Waals surface area contributed by atoms with Crippen molar-refractivity contribution in [3.8, 4) is 11.8 Å². The zero-order valence-electron chi connectivity index (χ0n) is 11.1. The molecule has 0 spiro atoms. The minimum Gasteiger partial charge on any atom is -0.345 e. The van der Waals surface area contributed by atoms with E-state index in [9.17, 15) is 4.79 Å². The van der Waals surface area contributed by atoms with E-state index >= 15 is 0 Å². The summed E-state index contributed by atoms with van der Waals surface area (Å²) in [5, 5.41) is 6.95. The fraction of sp³-hybridized carbons (Fsp3) is 0.200. The third-order valence-electron chi connectivity index (χ3n) is 2.73. The lowest BCUT2D eigenvalue weighted by atomic mass is 10.1. The zero-order valence-corrected chi connectivity index (χ0v) is 11.9. The van der Waals surface area contributed by atoms with Crippen LogP contribution in [-0.2, 0) is 0 Å². The van der Waals surface area contributed by atoms with Crippen LogP contribution >= 0.6 is 11.3 Å². The van der Waals surface area contributed by atoms with Crippen molar-refractivity contribution in [1.29, 1.82) is 0 Å². The average Bonchev–Trinajstić information content (AvgIpc) is 2.99. The predicted octanol–water partition coefficient (Wildman–Crippen LogP) is 1.94. The second-order valence-electron chi connectivity index (χ2n) is 4.22. The Morgan fingerprint density at radius 2 is 2.40 bits per heavy atom. The maximum atomic E-state index is 12.2. The summed E-state index contributed by atoms with van der Waals surface area (Å²) in [4.78, 5) is 16.2. The lowest BCUT2D eigenvalue weighted by Gasteiger charge is -2.12. The van der Waals surface area contributed by atoms with E-state index in [1.807, 2.05) is 23.8 Å². The molecule has 0 radical (unpaired) electrons. The summed E-state index contributed by atoms with van der Waals surface area (Å²) in [6, 6.07) is 3.68. The number of aromatic nitrogens is 1. The molecule has 0 saturated heterocycles. The number of nitrogens with zero attached hydrogens (tertiary/aromatic N) is 1. The van der Waals surface area contributed by atoms with Crippen LogP contribution in [0.25, 0.3) is 0 Å². The number of hydrogen-bond donors (Lipinski definition) is 2. The van der Waals surface area contributed by atoms with Crippen molar-refractivity contribution >= 4 is 17.2 Å². The van der Waals surface area contributed by atoms with Gasteiger partial charge >= 0.3 is 0 Å². The lowest BCUT2D eigenvalue weighted by molar-refractivity contribution is 0.0939. The van der Waals surface area contributed by atoms with Gasteiger partial charge in [-0.2, -0.15) is 11.3 Å². The van der Waals surface area contributed by atoms with E-state index in [1.165, 1.54) is 6.20 Å². The standard InChI is InChI=1S/C15H15N3OS/c1-11(13-4-6-20-10-13)18-15(19)14-7-12(3-2-5-16)8-17-9-14/h4,6-11H,5,16H2,1H3,(H,18,19). The molecule has 5 heteroatoms. The molecule has 2 heterocycles. The molecule has 0 fully saturated rings. The molecule has 3 N–H and O–H groups in total. The van der Waals surface area contributed by atoms with Crippen molar-refractivity contribution in [2.45, 2.75) is 13.0 Å². The van der Waals surface area contributed by atoms with Crippen molar-refractivity contribution in [2.24, 2.45) is 5.73 Å². The molecule has 2 rings (SSSR count). The Bertz CT molecular complexity index is 641. The summed E-state index contributed by atoms with van der Waals surface area (Å²) in [5.74, 6) is 5.45. The van der Waals surface area contributed by atoms with Gasteiger partial charge in [-0.25, -0.2) is 0 Å². The van der Waals surface area contributed by atoms with E-state index in [0.717, 1.165) is 5.56 Å². The average molecular weight is 285 g/mol. The molecule has 20 heavy (non-hydrogen) atoms. The fourth-order valence-corrected chi connectivity index (χ4v) is 2.42. The van der Waals surface area contributed by atoms with Crippen LogP contribution in [0.15, 0.2) is 35.3 Å². The van der Waals surface area contributed by atoms with Crippen LogP contribution in [0.5, 0.6) is 0 Å². The summed E-state index contributed by atoms with van der Waals surface area (Å²) >= 11 is 1.61. The SMILES string of the molecule is CC(NC(=O)c1cncc(C#CCN)c1)c1ccsc1. The first kappa shape index (κ1) is 14.3. The van der Waals surface area contributed by atoms with Crippen LogP contribution in [0.2, 0.25) is 0 Å². The van der Waals surface area contributed by atoms with Gasteiger partial charge in [0.2, 0.25) is 0 Å². The Morgan fingerprint density at radius 1 is 1.55 bits per heavy atom. The molecule has 1 unspecified atom stereocenters. The van der Waals surface area contributed by atoms with Crippen molar-refractivity contribution in [1.82, 2.24) is 10.3 Å². The Morgan fingerprint density at radius 3 is 3.10 bits per heavy atom. The van der Waals surface area contributed by atoms with Crippen molar-refractivity contribution in [3.63, 3.8) is 0 Å². The lowest BCUT2D eigenvalue weighted by Crippen LogP contribution is -2.26. The number of carbonyl (C=O) groups excluding carboxylic acids is 1. The molecule has 0 aromatic carbocycles. The number of carbonyl (C=O) groups is 1.